The maximum atomic E-state index is 3.88. The molecule has 0 N–H and O–H groups in total. The normalized spacial score (nSPS) is 18.5. The standard InChI is InChI=1S/C18H27Br/c1-14-8-9-17(12-15(14)2)13-18(19)11-10-16-6-4-3-5-7-16/h8-9,12,16,18H,3-7,10-11,13H2,1-2H3. The van der Waals surface area contributed by atoms with Gasteiger partial charge in [-0.25, -0.2) is 0 Å². The van der Waals surface area contributed by atoms with Gasteiger partial charge in [0.25, 0.3) is 0 Å². The van der Waals surface area contributed by atoms with Crippen LogP contribution in [0.1, 0.15) is 61.6 Å². The number of alkyl halides is 1. The van der Waals surface area contributed by atoms with E-state index in [4.69, 9.17) is 0 Å². The van der Waals surface area contributed by atoms with Gasteiger partial charge in [0.2, 0.25) is 0 Å². The molecule has 0 nitrogen and oxygen atoms in total. The molecule has 19 heavy (non-hydrogen) atoms. The fraction of sp³-hybridized carbons (Fsp3) is 0.667. The van der Waals surface area contributed by atoms with Gasteiger partial charge < -0.3 is 0 Å². The Morgan fingerprint density at radius 1 is 1.11 bits per heavy atom. The molecule has 1 atom stereocenters. The highest BCUT2D eigenvalue weighted by atomic mass is 79.9. The monoisotopic (exact) mass is 322 g/mol. The first kappa shape index (κ1) is 15.1. The van der Waals surface area contributed by atoms with Crippen LogP contribution in [0.5, 0.6) is 0 Å². The van der Waals surface area contributed by atoms with Crippen LogP contribution >= 0.6 is 15.9 Å². The summed E-state index contributed by atoms with van der Waals surface area (Å²) < 4.78 is 0. The lowest BCUT2D eigenvalue weighted by atomic mass is 9.85. The van der Waals surface area contributed by atoms with Crippen LogP contribution < -0.4 is 0 Å². The minimum Gasteiger partial charge on any atom is -0.0887 e. The van der Waals surface area contributed by atoms with E-state index in [0.717, 1.165) is 5.92 Å². The number of hydrogen-bond donors (Lipinski definition) is 0. The van der Waals surface area contributed by atoms with Crippen molar-refractivity contribution in [1.82, 2.24) is 0 Å². The predicted octanol–water partition coefficient (Wildman–Crippen LogP) is 5.97. The fourth-order valence-corrected chi connectivity index (χ4v) is 3.82. The van der Waals surface area contributed by atoms with Crippen molar-refractivity contribution >= 4 is 15.9 Å². The van der Waals surface area contributed by atoms with Gasteiger partial charge in [-0.15, -0.1) is 0 Å². The molecule has 106 valence electrons. The highest BCUT2D eigenvalue weighted by Crippen LogP contribution is 2.29. The van der Waals surface area contributed by atoms with Gasteiger partial charge in [-0.1, -0.05) is 66.2 Å². The van der Waals surface area contributed by atoms with E-state index in [9.17, 15) is 0 Å². The zero-order valence-electron chi connectivity index (χ0n) is 12.4. The molecule has 1 aromatic carbocycles. The average molecular weight is 323 g/mol. The Kier molecular flexibility index (Phi) is 5.94. The van der Waals surface area contributed by atoms with Crippen molar-refractivity contribution < 1.29 is 0 Å². The third kappa shape index (κ3) is 4.95. The summed E-state index contributed by atoms with van der Waals surface area (Å²) in [7, 11) is 0. The summed E-state index contributed by atoms with van der Waals surface area (Å²) in [5.41, 5.74) is 4.30. The zero-order chi connectivity index (χ0) is 13.7. The molecule has 0 bridgehead atoms. The van der Waals surface area contributed by atoms with Crippen LogP contribution in [-0.2, 0) is 6.42 Å². The summed E-state index contributed by atoms with van der Waals surface area (Å²) in [4.78, 5) is 0.650. The lowest BCUT2D eigenvalue weighted by Gasteiger charge is -2.22. The molecule has 1 unspecified atom stereocenters. The van der Waals surface area contributed by atoms with E-state index in [-0.39, 0.29) is 0 Å². The van der Waals surface area contributed by atoms with E-state index < -0.39 is 0 Å². The summed E-state index contributed by atoms with van der Waals surface area (Å²) in [6, 6.07) is 6.90. The third-order valence-electron chi connectivity index (χ3n) is 4.64. The SMILES string of the molecule is Cc1ccc(CC(Br)CCC2CCCCC2)cc1C. The summed E-state index contributed by atoms with van der Waals surface area (Å²) in [5.74, 6) is 1.01. The smallest absolute Gasteiger partial charge is 0.0186 e. The number of aryl methyl sites for hydroxylation is 2. The van der Waals surface area contributed by atoms with Gasteiger partial charge in [0.1, 0.15) is 0 Å². The number of benzene rings is 1. The minimum absolute atomic E-state index is 0.650. The van der Waals surface area contributed by atoms with Crippen LogP contribution in [0.25, 0.3) is 0 Å². The maximum absolute atomic E-state index is 3.88. The molecule has 0 heterocycles. The van der Waals surface area contributed by atoms with E-state index >= 15 is 0 Å². The summed E-state index contributed by atoms with van der Waals surface area (Å²) in [6.07, 6.45) is 11.3. The maximum Gasteiger partial charge on any atom is 0.0186 e. The molecule has 0 aliphatic heterocycles. The van der Waals surface area contributed by atoms with Crippen LogP contribution in [0.4, 0.5) is 0 Å². The van der Waals surface area contributed by atoms with Crippen LogP contribution in [0, 0.1) is 19.8 Å². The minimum atomic E-state index is 0.650. The van der Waals surface area contributed by atoms with Crippen molar-refractivity contribution in [3.8, 4) is 0 Å². The van der Waals surface area contributed by atoms with Gasteiger partial charge in [-0.05, 0) is 55.7 Å². The summed E-state index contributed by atoms with van der Waals surface area (Å²) >= 11 is 3.88. The first-order chi connectivity index (χ1) is 9.15. The zero-order valence-corrected chi connectivity index (χ0v) is 14.0. The summed E-state index contributed by atoms with van der Waals surface area (Å²) in [6.45, 7) is 4.40. The Labute approximate surface area is 127 Å². The topological polar surface area (TPSA) is 0 Å². The van der Waals surface area contributed by atoms with Crippen LogP contribution in [0.3, 0.4) is 0 Å². The number of halogens is 1. The molecule has 1 aliphatic rings. The molecule has 2 rings (SSSR count). The van der Waals surface area contributed by atoms with E-state index in [1.54, 1.807) is 0 Å². The largest absolute Gasteiger partial charge is 0.0887 e. The molecular formula is C18H27Br. The van der Waals surface area contributed by atoms with Gasteiger partial charge in [0, 0.05) is 4.83 Å². The molecule has 1 aromatic rings. The number of hydrogen-bond acceptors (Lipinski definition) is 0. The van der Waals surface area contributed by atoms with E-state index in [2.05, 4.69) is 48.0 Å². The van der Waals surface area contributed by atoms with Gasteiger partial charge in [0.05, 0.1) is 0 Å². The predicted molar refractivity (Wildman–Crippen MR) is 88.1 cm³/mol. The van der Waals surface area contributed by atoms with Crippen molar-refractivity contribution in [2.75, 3.05) is 0 Å². The Hall–Kier alpha value is -0.300. The Morgan fingerprint density at radius 2 is 1.84 bits per heavy atom. The molecule has 0 spiro atoms. The number of rotatable bonds is 5. The Balaban J connectivity index is 1.76. The first-order valence-electron chi connectivity index (χ1n) is 7.85. The Bertz CT molecular complexity index is 391. The fourth-order valence-electron chi connectivity index (χ4n) is 3.18. The first-order valence-corrected chi connectivity index (χ1v) is 8.77. The molecule has 1 heteroatoms. The van der Waals surface area contributed by atoms with Gasteiger partial charge in [-0.2, -0.15) is 0 Å². The highest BCUT2D eigenvalue weighted by Gasteiger charge is 2.15. The second kappa shape index (κ2) is 7.47. The van der Waals surface area contributed by atoms with Crippen molar-refractivity contribution in [1.29, 1.82) is 0 Å². The average Bonchev–Trinajstić information content (AvgIpc) is 2.42. The highest BCUT2D eigenvalue weighted by molar-refractivity contribution is 9.09. The van der Waals surface area contributed by atoms with Crippen LogP contribution in [-0.4, -0.2) is 4.83 Å². The molecule has 0 aromatic heterocycles. The second-order valence-electron chi connectivity index (χ2n) is 6.30. The quantitative estimate of drug-likeness (QED) is 0.586. The molecule has 1 saturated carbocycles. The van der Waals surface area contributed by atoms with Crippen molar-refractivity contribution in [3.63, 3.8) is 0 Å². The molecular weight excluding hydrogens is 296 g/mol. The van der Waals surface area contributed by atoms with Crippen LogP contribution in [0.2, 0.25) is 0 Å². The van der Waals surface area contributed by atoms with Gasteiger partial charge in [0.15, 0.2) is 0 Å². The second-order valence-corrected chi connectivity index (χ2v) is 7.60. The van der Waals surface area contributed by atoms with E-state index in [1.807, 2.05) is 0 Å². The molecule has 0 amide bonds. The third-order valence-corrected chi connectivity index (χ3v) is 5.42. The lowest BCUT2D eigenvalue weighted by Crippen LogP contribution is -2.10. The molecule has 1 fully saturated rings. The van der Waals surface area contributed by atoms with E-state index in [0.29, 0.717) is 4.83 Å². The van der Waals surface area contributed by atoms with Crippen LogP contribution in [0.15, 0.2) is 18.2 Å². The van der Waals surface area contributed by atoms with Crippen molar-refractivity contribution in [2.45, 2.75) is 70.0 Å². The van der Waals surface area contributed by atoms with Crippen molar-refractivity contribution in [3.05, 3.63) is 34.9 Å². The van der Waals surface area contributed by atoms with E-state index in [1.165, 1.54) is 68.1 Å². The van der Waals surface area contributed by atoms with Crippen molar-refractivity contribution in [2.24, 2.45) is 5.92 Å². The van der Waals surface area contributed by atoms with Gasteiger partial charge >= 0.3 is 0 Å². The molecule has 0 saturated heterocycles. The van der Waals surface area contributed by atoms with Gasteiger partial charge in [-0.3, -0.25) is 0 Å². The molecule has 1 aliphatic carbocycles. The molecule has 0 radical (unpaired) electrons. The lowest BCUT2D eigenvalue weighted by molar-refractivity contribution is 0.331. The Morgan fingerprint density at radius 3 is 2.53 bits per heavy atom. The summed E-state index contributed by atoms with van der Waals surface area (Å²) in [5, 5.41) is 0.